The van der Waals surface area contributed by atoms with Crippen LogP contribution in [0.4, 0.5) is 24.8 Å². The van der Waals surface area contributed by atoms with Gasteiger partial charge in [-0.05, 0) is 0 Å². The van der Waals surface area contributed by atoms with Crippen LogP contribution in [0.3, 0.4) is 0 Å². The van der Waals surface area contributed by atoms with Crippen molar-refractivity contribution in [1.29, 1.82) is 0 Å². The van der Waals surface area contributed by atoms with Crippen molar-refractivity contribution >= 4 is 11.6 Å². The van der Waals surface area contributed by atoms with E-state index in [0.29, 0.717) is 16.9 Å². The van der Waals surface area contributed by atoms with E-state index >= 15 is 0 Å². The molecular weight excluding hydrogens is 525 g/mol. The Balaban J connectivity index is 1.78. The average molecular weight is 546 g/mol. The molecule has 0 aliphatic rings. The van der Waals surface area contributed by atoms with Crippen molar-refractivity contribution in [3.63, 3.8) is 0 Å². The molecule has 0 atom stereocenters. The van der Waals surface area contributed by atoms with Gasteiger partial charge in [-0.2, -0.15) is 0 Å². The number of aryl methyl sites for hydroxylation is 1. The van der Waals surface area contributed by atoms with Gasteiger partial charge in [-0.1, -0.05) is 0 Å². The Kier molecular flexibility index (Phi) is 6.98. The number of hydrogen-bond donors (Lipinski definition) is 1. The molecule has 3 aromatic carbocycles. The molecule has 34 heavy (non-hydrogen) atoms. The Bertz CT molecular complexity index is 1410. The first kappa shape index (κ1) is 23.9. The van der Waals surface area contributed by atoms with Crippen molar-refractivity contribution in [2.45, 2.75) is 26.2 Å². The van der Waals surface area contributed by atoms with E-state index in [1.54, 1.807) is 28.5 Å². The molecule has 174 valence electrons. The van der Waals surface area contributed by atoms with Crippen molar-refractivity contribution < 1.29 is 32.5 Å². The molecular formula is C25H21F3MoN4O. The second-order valence-electron chi connectivity index (χ2n) is 7.85. The van der Waals surface area contributed by atoms with E-state index in [2.05, 4.69) is 10.3 Å². The summed E-state index contributed by atoms with van der Waals surface area (Å²) in [6, 6.07) is 22.3. The molecule has 1 aromatic heterocycles. The van der Waals surface area contributed by atoms with Crippen LogP contribution in [0.15, 0.2) is 83.7 Å². The van der Waals surface area contributed by atoms with Gasteiger partial charge in [0.1, 0.15) is 0 Å². The van der Waals surface area contributed by atoms with Gasteiger partial charge in [0.15, 0.2) is 0 Å². The van der Waals surface area contributed by atoms with Crippen molar-refractivity contribution in [3.05, 3.63) is 115 Å². The van der Waals surface area contributed by atoms with E-state index in [1.165, 1.54) is 12.1 Å². The first-order valence-corrected chi connectivity index (χ1v) is 11.5. The van der Waals surface area contributed by atoms with Gasteiger partial charge >= 0.3 is 205 Å². The average Bonchev–Trinajstić information content (AvgIpc) is 2.81. The fourth-order valence-corrected chi connectivity index (χ4v) is 4.17. The van der Waals surface area contributed by atoms with Crippen LogP contribution in [0, 0.1) is 10.7 Å². The fourth-order valence-electron chi connectivity index (χ4n) is 3.45. The van der Waals surface area contributed by atoms with Gasteiger partial charge in [-0.3, -0.25) is 0 Å². The zero-order chi connectivity index (χ0) is 24.3. The summed E-state index contributed by atoms with van der Waals surface area (Å²) in [5.74, 6) is 0.175. The number of benzene rings is 3. The molecule has 0 amide bonds. The van der Waals surface area contributed by atoms with Crippen LogP contribution in [0.25, 0.3) is 0 Å². The molecule has 0 fully saturated rings. The topological polar surface area (TPSA) is 51.9 Å². The predicted octanol–water partition coefficient (Wildman–Crippen LogP) is 5.29. The van der Waals surface area contributed by atoms with Crippen LogP contribution in [-0.4, -0.2) is 14.1 Å². The van der Waals surface area contributed by atoms with E-state index in [4.69, 9.17) is 0 Å². The number of halogens is 3. The van der Waals surface area contributed by atoms with Crippen LogP contribution in [0.5, 0.6) is 0 Å². The minimum atomic E-state index is -4.47. The number of nitrogens with zero attached hydrogens (tertiary/aromatic N) is 3. The van der Waals surface area contributed by atoms with Crippen LogP contribution < -0.4 is 11.0 Å². The van der Waals surface area contributed by atoms with Crippen LogP contribution in [0.1, 0.15) is 22.3 Å². The van der Waals surface area contributed by atoms with E-state index in [9.17, 15) is 18.0 Å². The molecule has 5 nitrogen and oxygen atoms in total. The zero-order valence-corrected chi connectivity index (χ0v) is 20.2. The summed E-state index contributed by atoms with van der Waals surface area (Å²) in [7, 11) is 0. The number of aromatic nitrogens is 3. The van der Waals surface area contributed by atoms with Gasteiger partial charge in [0.25, 0.3) is 0 Å². The van der Waals surface area contributed by atoms with Gasteiger partial charge in [0.05, 0.1) is 0 Å². The fraction of sp³-hybridized carbons (Fsp3) is 0.160. The molecule has 0 radical (unpaired) electrons. The zero-order valence-electron chi connectivity index (χ0n) is 18.2. The second kappa shape index (κ2) is 9.93. The Morgan fingerprint density at radius 1 is 0.882 bits per heavy atom. The quantitative estimate of drug-likeness (QED) is 0.335. The summed E-state index contributed by atoms with van der Waals surface area (Å²) in [5.41, 5.74) is 1.96. The summed E-state index contributed by atoms with van der Waals surface area (Å²) >= 11 is 1.71. The molecule has 1 N–H and O–H groups in total. The molecule has 0 aliphatic heterocycles. The minimum absolute atomic E-state index is 0.175. The second-order valence-corrected chi connectivity index (χ2v) is 8.75. The summed E-state index contributed by atoms with van der Waals surface area (Å²) in [6.45, 7) is 2.71. The SMILES string of the molecule is Cc1ccc(Cn2c(=O)nc(Nc3cccc(C(F)(F)F)c3)n(Cc3ccccc3)[c]2=[Mo])cc1. The third-order valence-electron chi connectivity index (χ3n) is 5.24. The standard InChI is InChI=1S/C25H21F3N4O.Mo/c1-18-10-12-20(13-11-18)16-32-17-31(15-19-6-3-2-4-7-19)23(30-24(32)33)29-22-9-5-8-21(14-22)25(26,27)28;/h2-14H,15-16H2,1H3,(H,29,30,33);. The summed E-state index contributed by atoms with van der Waals surface area (Å²) < 4.78 is 43.6. The van der Waals surface area contributed by atoms with Gasteiger partial charge in [0.2, 0.25) is 0 Å². The van der Waals surface area contributed by atoms with Gasteiger partial charge in [0, 0.05) is 0 Å². The van der Waals surface area contributed by atoms with E-state index in [-0.39, 0.29) is 11.6 Å². The van der Waals surface area contributed by atoms with E-state index in [1.807, 2.05) is 61.5 Å². The maximum absolute atomic E-state index is 13.2. The predicted molar refractivity (Wildman–Crippen MR) is 120 cm³/mol. The number of alkyl halides is 3. The Morgan fingerprint density at radius 3 is 2.21 bits per heavy atom. The van der Waals surface area contributed by atoms with E-state index in [0.717, 1.165) is 28.8 Å². The van der Waals surface area contributed by atoms with Crippen molar-refractivity contribution in [3.8, 4) is 0 Å². The molecule has 0 spiro atoms. The van der Waals surface area contributed by atoms with Crippen LogP contribution >= 0.6 is 0 Å². The number of hydrogen-bond acceptors (Lipinski definition) is 3. The molecule has 0 unspecified atom stereocenters. The third kappa shape index (κ3) is 5.62. The van der Waals surface area contributed by atoms with Crippen LogP contribution in [-0.2, 0) is 38.6 Å². The first-order valence-electron chi connectivity index (χ1n) is 10.5. The van der Waals surface area contributed by atoms with E-state index < -0.39 is 17.4 Å². The molecule has 0 saturated heterocycles. The number of rotatable bonds is 6. The normalized spacial score (nSPS) is 11.4. The molecule has 4 rings (SSSR count). The molecule has 4 aromatic rings. The molecule has 9 heteroatoms. The monoisotopic (exact) mass is 548 g/mol. The Labute approximate surface area is 205 Å². The Hall–Kier alpha value is -3.25. The first-order chi connectivity index (χ1) is 16.2. The molecule has 0 saturated carbocycles. The van der Waals surface area contributed by atoms with Gasteiger partial charge in [-0.15, -0.1) is 0 Å². The van der Waals surface area contributed by atoms with Gasteiger partial charge in [-0.25, -0.2) is 0 Å². The summed E-state index contributed by atoms with van der Waals surface area (Å²) in [5, 5.41) is 2.93. The van der Waals surface area contributed by atoms with Crippen molar-refractivity contribution in [1.82, 2.24) is 14.1 Å². The van der Waals surface area contributed by atoms with Gasteiger partial charge < -0.3 is 0 Å². The summed E-state index contributed by atoms with van der Waals surface area (Å²) in [6.07, 6.45) is -4.47. The molecule has 0 aliphatic carbocycles. The van der Waals surface area contributed by atoms with Crippen molar-refractivity contribution in [2.75, 3.05) is 5.32 Å². The summed E-state index contributed by atoms with van der Waals surface area (Å²) in [4.78, 5) is 17.2. The number of anilines is 2. The number of nitrogens with one attached hydrogen (secondary N) is 1. The maximum atomic E-state index is 13.2. The molecule has 0 bridgehead atoms. The van der Waals surface area contributed by atoms with Crippen molar-refractivity contribution in [2.24, 2.45) is 0 Å². The third-order valence-corrected chi connectivity index (χ3v) is 6.32. The van der Waals surface area contributed by atoms with Crippen LogP contribution in [0.2, 0.25) is 0 Å². The Morgan fingerprint density at radius 2 is 1.53 bits per heavy atom. The molecule has 1 heterocycles.